The van der Waals surface area contributed by atoms with Crippen molar-refractivity contribution in [3.8, 4) is 0 Å². The van der Waals surface area contributed by atoms with Crippen LogP contribution in [0.4, 0.5) is 8.78 Å². The molecule has 1 N–H and O–H groups in total. The molecule has 1 amide bonds. The summed E-state index contributed by atoms with van der Waals surface area (Å²) >= 11 is 0. The number of sulfone groups is 1. The highest BCUT2D eigenvalue weighted by Crippen LogP contribution is 2.42. The van der Waals surface area contributed by atoms with Gasteiger partial charge in [-0.1, -0.05) is 37.8 Å². The molecule has 1 aliphatic heterocycles. The zero-order chi connectivity index (χ0) is 28.1. The topological polar surface area (TPSA) is 83.1 Å². The number of aromatic amines is 1. The maximum Gasteiger partial charge on any atom is 0.230 e. The van der Waals surface area contributed by atoms with E-state index in [1.54, 1.807) is 13.0 Å². The minimum absolute atomic E-state index is 0.0126. The molecule has 1 saturated heterocycles. The normalized spacial score (nSPS) is 31.1. The molecule has 6 nitrogen and oxygen atoms in total. The zero-order valence-corrected chi connectivity index (χ0v) is 25.1. The van der Waals surface area contributed by atoms with Gasteiger partial charge < -0.3 is 9.88 Å². The molecular formula is C25H35B2F2N3O3P2S. The van der Waals surface area contributed by atoms with Crippen LogP contribution in [0.3, 0.4) is 0 Å². The van der Waals surface area contributed by atoms with E-state index in [0.717, 1.165) is 25.7 Å². The maximum atomic E-state index is 15.9. The van der Waals surface area contributed by atoms with Crippen LogP contribution < -0.4 is 0 Å². The van der Waals surface area contributed by atoms with Crippen molar-refractivity contribution >= 4 is 60.9 Å². The lowest BCUT2D eigenvalue weighted by atomic mass is 9.70. The Hall–Kier alpha value is -1.04. The van der Waals surface area contributed by atoms with Crippen LogP contribution in [0, 0.1) is 11.7 Å². The number of carbonyl (C=O) groups is 1. The first-order valence-electron chi connectivity index (χ1n) is 13.0. The fraction of sp³-hybridized carbons (Fsp3) is 0.680. The second-order valence-corrected chi connectivity index (χ2v) is 16.4. The predicted molar refractivity (Wildman–Crippen MR) is 156 cm³/mol. The number of aromatic nitrogens is 2. The Kier molecular flexibility index (Phi) is 8.46. The van der Waals surface area contributed by atoms with Crippen LogP contribution in [0.5, 0.6) is 0 Å². The van der Waals surface area contributed by atoms with Crippen LogP contribution in [0.2, 0.25) is 0 Å². The molecule has 1 aliphatic carbocycles. The van der Waals surface area contributed by atoms with Gasteiger partial charge in [-0.3, -0.25) is 9.18 Å². The van der Waals surface area contributed by atoms with Gasteiger partial charge in [-0.25, -0.2) is 17.8 Å². The molecular weight excluding hydrogens is 544 g/mol. The van der Waals surface area contributed by atoms with Crippen molar-refractivity contribution in [3.05, 3.63) is 29.3 Å². The van der Waals surface area contributed by atoms with Gasteiger partial charge in [0, 0.05) is 36.0 Å². The van der Waals surface area contributed by atoms with E-state index in [0.29, 0.717) is 23.7 Å². The minimum Gasteiger partial charge on any atom is -0.342 e. The highest BCUT2D eigenvalue weighted by atomic mass is 32.2. The molecule has 13 heteroatoms. The summed E-state index contributed by atoms with van der Waals surface area (Å²) in [4.78, 5) is 22.6. The average Bonchev–Trinajstić information content (AvgIpc) is 3.33. The number of hydrogen-bond donors (Lipinski definition) is 1. The zero-order valence-electron chi connectivity index (χ0n) is 22.0. The third-order valence-electron chi connectivity index (χ3n) is 8.22. The lowest BCUT2D eigenvalue weighted by Crippen LogP contribution is -2.43. The molecule has 2 fully saturated rings. The van der Waals surface area contributed by atoms with Crippen molar-refractivity contribution in [2.75, 3.05) is 24.6 Å². The van der Waals surface area contributed by atoms with Crippen LogP contribution in [0.15, 0.2) is 12.1 Å². The van der Waals surface area contributed by atoms with E-state index < -0.39 is 38.2 Å². The first-order chi connectivity index (χ1) is 17.5. The van der Waals surface area contributed by atoms with Crippen LogP contribution in [-0.4, -0.2) is 85.3 Å². The number of fused-ring (bicyclic) bond motifs is 1. The number of amides is 1. The number of likely N-dealkylation sites (tertiary alicyclic amines) is 1. The summed E-state index contributed by atoms with van der Waals surface area (Å²) in [5.41, 5.74) is -1.47. The van der Waals surface area contributed by atoms with Crippen LogP contribution in [0.25, 0.3) is 11.0 Å². The molecule has 1 saturated carbocycles. The highest BCUT2D eigenvalue weighted by molar-refractivity contribution is 7.91. The summed E-state index contributed by atoms with van der Waals surface area (Å²) in [6, 6.07) is 3.17. The lowest BCUT2D eigenvalue weighted by molar-refractivity contribution is -0.132. The second-order valence-electron chi connectivity index (χ2n) is 11.5. The fourth-order valence-corrected chi connectivity index (χ4v) is 6.97. The van der Waals surface area contributed by atoms with Gasteiger partial charge in [0.2, 0.25) is 5.91 Å². The lowest BCUT2D eigenvalue weighted by Gasteiger charge is -2.34. The van der Waals surface area contributed by atoms with E-state index in [-0.39, 0.29) is 47.2 Å². The number of nitrogens with zero attached hydrogens (tertiary/aromatic N) is 2. The van der Waals surface area contributed by atoms with Gasteiger partial charge in [-0.2, -0.15) is 0 Å². The molecule has 4 rings (SSSR count). The van der Waals surface area contributed by atoms with Gasteiger partial charge in [-0.05, 0) is 31.2 Å². The molecule has 2 heterocycles. The third kappa shape index (κ3) is 6.31. The number of alkyl halides is 1. The summed E-state index contributed by atoms with van der Waals surface area (Å²) in [5.74, 6) is -1.67. The molecule has 1 aromatic heterocycles. The number of H-pyrrole nitrogens is 1. The summed E-state index contributed by atoms with van der Waals surface area (Å²) in [5, 5.41) is -1.31. The maximum absolute atomic E-state index is 15.9. The number of rotatable bonds is 8. The molecule has 0 bridgehead atoms. The minimum atomic E-state index is -3.43. The van der Waals surface area contributed by atoms with E-state index in [1.807, 2.05) is 0 Å². The van der Waals surface area contributed by atoms with Crippen LogP contribution in [-0.2, 0) is 21.1 Å². The molecule has 2 aromatic rings. The summed E-state index contributed by atoms with van der Waals surface area (Å²) < 4.78 is 55.5. The van der Waals surface area contributed by atoms with Crippen molar-refractivity contribution < 1.29 is 22.0 Å². The number of hydrogen-bond acceptors (Lipinski definition) is 4. The first kappa shape index (κ1) is 29.9. The van der Waals surface area contributed by atoms with Gasteiger partial charge in [-0.15, -0.1) is 18.5 Å². The smallest absolute Gasteiger partial charge is 0.230 e. The molecule has 5 atom stereocenters. The summed E-state index contributed by atoms with van der Waals surface area (Å²) in [7, 11) is 13.7. The molecule has 204 valence electrons. The van der Waals surface area contributed by atoms with Gasteiger partial charge >= 0.3 is 0 Å². The van der Waals surface area contributed by atoms with E-state index in [4.69, 9.17) is 15.7 Å². The monoisotopic (exact) mass is 579 g/mol. The van der Waals surface area contributed by atoms with E-state index in [9.17, 15) is 17.6 Å². The third-order valence-corrected chi connectivity index (χ3v) is 11.2. The number of imidazole rings is 1. The molecule has 38 heavy (non-hydrogen) atoms. The molecule has 5 unspecified atom stereocenters. The summed E-state index contributed by atoms with van der Waals surface area (Å²) in [6.45, 7) is 2.77. The Morgan fingerprint density at radius 2 is 1.92 bits per heavy atom. The Morgan fingerprint density at radius 1 is 1.26 bits per heavy atom. The molecule has 1 aromatic carbocycles. The van der Waals surface area contributed by atoms with Crippen molar-refractivity contribution in [2.45, 2.75) is 74.1 Å². The van der Waals surface area contributed by atoms with Gasteiger partial charge in [0.25, 0.3) is 0 Å². The average molecular weight is 579 g/mol. The predicted octanol–water partition coefficient (Wildman–Crippen LogP) is 3.39. The van der Waals surface area contributed by atoms with Gasteiger partial charge in [0.1, 0.15) is 29.0 Å². The number of halogens is 2. The van der Waals surface area contributed by atoms with E-state index >= 15 is 4.39 Å². The molecule has 2 aliphatic rings. The quantitative estimate of drug-likeness (QED) is 0.384. The largest absolute Gasteiger partial charge is 0.342 e. The second kappa shape index (κ2) is 10.7. The van der Waals surface area contributed by atoms with Gasteiger partial charge in [0.15, 0.2) is 5.82 Å². The number of nitrogens with one attached hydrogen (secondary N) is 1. The van der Waals surface area contributed by atoms with Crippen molar-refractivity contribution in [2.24, 2.45) is 5.92 Å². The Balaban J connectivity index is 1.63. The summed E-state index contributed by atoms with van der Waals surface area (Å²) in [6.07, 6.45) is 4.22. The molecule has 0 spiro atoms. The number of carbonyl (C=O) groups excluding carboxylic acids is 1. The fourth-order valence-electron chi connectivity index (χ4n) is 5.44. The van der Waals surface area contributed by atoms with E-state index in [1.165, 1.54) is 17.9 Å². The van der Waals surface area contributed by atoms with Crippen LogP contribution >= 0.6 is 18.5 Å². The Labute approximate surface area is 231 Å². The van der Waals surface area contributed by atoms with Crippen molar-refractivity contribution in [1.29, 1.82) is 0 Å². The van der Waals surface area contributed by atoms with Crippen molar-refractivity contribution in [3.63, 3.8) is 0 Å². The van der Waals surface area contributed by atoms with Crippen LogP contribution in [0.1, 0.15) is 63.3 Å². The highest BCUT2D eigenvalue weighted by Gasteiger charge is 2.51. The van der Waals surface area contributed by atoms with E-state index in [2.05, 4.69) is 28.4 Å². The van der Waals surface area contributed by atoms with Crippen molar-refractivity contribution in [1.82, 2.24) is 14.9 Å². The first-order valence-corrected chi connectivity index (χ1v) is 16.0. The standard InChI is InChI=1S/C25H35B2F2N3O3P2S/c1-3-38(34,35)11-8-17(22(33)32-13-23(2,36)25(27,29)14-32)16-4-5-18-21(20(16)28)31-19(30-18)12-15-6-9-24(26,37)10-7-15/h4-5,15,17H,3,6-14,36-37H2,1-2H3,(H,30,31). The number of benzene rings is 1. The van der Waals surface area contributed by atoms with Gasteiger partial charge in [0.05, 0.1) is 30.6 Å². The Morgan fingerprint density at radius 3 is 2.50 bits per heavy atom. The molecule has 4 radical (unpaired) electrons. The Bertz CT molecular complexity index is 1290. The SMILES string of the molecule is [B]C1(P)CCC(Cc2nc3c(F)c(C(CCS(=O)(=O)CC)C(=O)N4CC([B])(F)C(C)(P)C4)ccc3[nH]2)CC1.